The van der Waals surface area contributed by atoms with Crippen molar-refractivity contribution >= 4 is 11.6 Å². The number of anilines is 1. The van der Waals surface area contributed by atoms with E-state index in [4.69, 9.17) is 0 Å². The lowest BCUT2D eigenvalue weighted by Gasteiger charge is -2.37. The van der Waals surface area contributed by atoms with Crippen LogP contribution in [0.25, 0.3) is 11.1 Å². The molecule has 0 bridgehead atoms. The van der Waals surface area contributed by atoms with Gasteiger partial charge in [-0.1, -0.05) is 6.58 Å². The number of aromatic amines is 1. The van der Waals surface area contributed by atoms with E-state index in [-0.39, 0.29) is 17.5 Å². The molecule has 1 saturated heterocycles. The van der Waals surface area contributed by atoms with Gasteiger partial charge in [0.25, 0.3) is 5.56 Å². The molecule has 0 unspecified atom stereocenters. The summed E-state index contributed by atoms with van der Waals surface area (Å²) < 4.78 is 0. The minimum atomic E-state index is -0.107. The molecule has 0 radical (unpaired) electrons. The quantitative estimate of drug-likeness (QED) is 0.866. The molecule has 2 aromatic heterocycles. The van der Waals surface area contributed by atoms with Crippen molar-refractivity contribution in [1.82, 2.24) is 14.9 Å². The molecule has 2 aromatic rings. The molecule has 1 amide bonds. The van der Waals surface area contributed by atoms with E-state index in [2.05, 4.69) is 16.5 Å². The standard InChI is InChI=1S/C19H22N4O2/c1-3-18(24)23-10-6-16(7-11-23)22(2)17-12-15(13-21-19(17)25)14-4-8-20-9-5-14/h3-5,8-9,12-13,16H,1,6-7,10-11H2,2H3,(H,21,25). The van der Waals surface area contributed by atoms with Crippen LogP contribution in [0.2, 0.25) is 0 Å². The van der Waals surface area contributed by atoms with Crippen molar-refractivity contribution in [2.75, 3.05) is 25.0 Å². The largest absolute Gasteiger partial charge is 0.367 e. The number of hydrogen-bond donors (Lipinski definition) is 1. The highest BCUT2D eigenvalue weighted by Crippen LogP contribution is 2.24. The minimum Gasteiger partial charge on any atom is -0.367 e. The summed E-state index contributed by atoms with van der Waals surface area (Å²) in [5.74, 6) is -0.0290. The number of amides is 1. The third-order valence-corrected chi connectivity index (χ3v) is 4.78. The number of nitrogens with zero attached hydrogens (tertiary/aromatic N) is 3. The van der Waals surface area contributed by atoms with Crippen molar-refractivity contribution in [3.05, 3.63) is 59.8 Å². The molecule has 25 heavy (non-hydrogen) atoms. The lowest BCUT2D eigenvalue weighted by molar-refractivity contribution is -0.126. The summed E-state index contributed by atoms with van der Waals surface area (Å²) in [5, 5.41) is 0. The average Bonchev–Trinajstić information content (AvgIpc) is 2.68. The normalized spacial score (nSPS) is 15.0. The highest BCUT2D eigenvalue weighted by Gasteiger charge is 2.25. The Morgan fingerprint density at radius 1 is 1.32 bits per heavy atom. The Morgan fingerprint density at radius 2 is 2.00 bits per heavy atom. The summed E-state index contributed by atoms with van der Waals surface area (Å²) in [6.07, 6.45) is 8.20. The lowest BCUT2D eigenvalue weighted by atomic mass is 10.0. The Morgan fingerprint density at radius 3 is 2.64 bits per heavy atom. The number of H-pyrrole nitrogens is 1. The van der Waals surface area contributed by atoms with Gasteiger partial charge in [-0.05, 0) is 42.7 Å². The van der Waals surface area contributed by atoms with Gasteiger partial charge in [-0.15, -0.1) is 0 Å². The molecule has 6 nitrogen and oxygen atoms in total. The van der Waals surface area contributed by atoms with Gasteiger partial charge in [0.1, 0.15) is 5.69 Å². The van der Waals surface area contributed by atoms with Crippen molar-refractivity contribution < 1.29 is 4.79 Å². The second kappa shape index (κ2) is 7.34. The van der Waals surface area contributed by atoms with Gasteiger partial charge < -0.3 is 14.8 Å². The van der Waals surface area contributed by atoms with Crippen LogP contribution in [0, 0.1) is 0 Å². The molecule has 1 fully saturated rings. The predicted octanol–water partition coefficient (Wildman–Crippen LogP) is 2.05. The molecule has 1 aliphatic rings. The molecule has 1 aliphatic heterocycles. The van der Waals surface area contributed by atoms with Crippen molar-refractivity contribution in [3.8, 4) is 11.1 Å². The number of aromatic nitrogens is 2. The molecular formula is C19H22N4O2. The fourth-order valence-electron chi connectivity index (χ4n) is 3.24. The van der Waals surface area contributed by atoms with Crippen molar-refractivity contribution in [2.45, 2.75) is 18.9 Å². The van der Waals surface area contributed by atoms with E-state index in [0.29, 0.717) is 18.8 Å². The zero-order valence-corrected chi connectivity index (χ0v) is 14.3. The zero-order chi connectivity index (χ0) is 17.8. The smallest absolute Gasteiger partial charge is 0.271 e. The van der Waals surface area contributed by atoms with Crippen LogP contribution in [0.3, 0.4) is 0 Å². The van der Waals surface area contributed by atoms with E-state index in [0.717, 1.165) is 24.0 Å². The van der Waals surface area contributed by atoms with Crippen LogP contribution < -0.4 is 10.5 Å². The van der Waals surface area contributed by atoms with Gasteiger partial charge in [-0.3, -0.25) is 14.6 Å². The van der Waals surface area contributed by atoms with Gasteiger partial charge in [0, 0.05) is 50.3 Å². The van der Waals surface area contributed by atoms with Gasteiger partial charge in [0.15, 0.2) is 0 Å². The number of hydrogen-bond acceptors (Lipinski definition) is 4. The lowest BCUT2D eigenvalue weighted by Crippen LogP contribution is -2.46. The summed E-state index contributed by atoms with van der Waals surface area (Å²) >= 11 is 0. The SMILES string of the molecule is C=CC(=O)N1CCC(N(C)c2cc(-c3ccncc3)c[nH]c2=O)CC1. The number of piperidine rings is 1. The van der Waals surface area contributed by atoms with Crippen molar-refractivity contribution in [3.63, 3.8) is 0 Å². The molecule has 0 saturated carbocycles. The first-order chi connectivity index (χ1) is 12.1. The van der Waals surface area contributed by atoms with Gasteiger partial charge in [0.2, 0.25) is 5.91 Å². The van der Waals surface area contributed by atoms with E-state index in [1.165, 1.54) is 6.08 Å². The molecule has 6 heteroatoms. The molecule has 3 rings (SSSR count). The number of pyridine rings is 2. The fourth-order valence-corrected chi connectivity index (χ4v) is 3.24. The molecule has 0 aliphatic carbocycles. The van der Waals surface area contributed by atoms with Gasteiger partial charge in [-0.2, -0.15) is 0 Å². The second-order valence-corrected chi connectivity index (χ2v) is 6.21. The number of likely N-dealkylation sites (tertiary alicyclic amines) is 1. The van der Waals surface area contributed by atoms with E-state index >= 15 is 0 Å². The van der Waals surface area contributed by atoms with Crippen LogP contribution in [0.4, 0.5) is 5.69 Å². The zero-order valence-electron chi connectivity index (χ0n) is 14.3. The summed E-state index contributed by atoms with van der Waals surface area (Å²) in [4.78, 5) is 34.7. The first-order valence-electron chi connectivity index (χ1n) is 8.37. The van der Waals surface area contributed by atoms with Crippen LogP contribution >= 0.6 is 0 Å². The summed E-state index contributed by atoms with van der Waals surface area (Å²) in [5.41, 5.74) is 2.49. The number of carbonyl (C=O) groups excluding carboxylic acids is 1. The third kappa shape index (κ3) is 3.63. The number of rotatable bonds is 4. The topological polar surface area (TPSA) is 69.3 Å². The van der Waals surface area contributed by atoms with Crippen LogP contribution in [0.5, 0.6) is 0 Å². The van der Waals surface area contributed by atoms with E-state index in [1.54, 1.807) is 23.5 Å². The first-order valence-corrected chi connectivity index (χ1v) is 8.37. The van der Waals surface area contributed by atoms with Crippen molar-refractivity contribution in [2.24, 2.45) is 0 Å². The van der Waals surface area contributed by atoms with Gasteiger partial charge in [0.05, 0.1) is 0 Å². The Bertz CT molecular complexity index is 808. The average molecular weight is 338 g/mol. The van der Waals surface area contributed by atoms with Crippen LogP contribution in [-0.4, -0.2) is 47.0 Å². The molecule has 130 valence electrons. The van der Waals surface area contributed by atoms with Crippen molar-refractivity contribution in [1.29, 1.82) is 0 Å². The molecule has 1 N–H and O–H groups in total. The Labute approximate surface area is 146 Å². The maximum atomic E-state index is 12.3. The molecule has 0 atom stereocenters. The summed E-state index contributed by atoms with van der Waals surface area (Å²) in [6, 6.07) is 5.96. The van der Waals surface area contributed by atoms with E-state index in [1.807, 2.05) is 30.1 Å². The summed E-state index contributed by atoms with van der Waals surface area (Å²) in [6.45, 7) is 4.90. The Kier molecular flexibility index (Phi) is 4.97. The molecule has 0 spiro atoms. The second-order valence-electron chi connectivity index (χ2n) is 6.21. The number of nitrogens with one attached hydrogen (secondary N) is 1. The molecule has 3 heterocycles. The van der Waals surface area contributed by atoms with Crippen LogP contribution in [0.1, 0.15) is 12.8 Å². The fraction of sp³-hybridized carbons (Fsp3) is 0.316. The molecule has 0 aromatic carbocycles. The maximum absolute atomic E-state index is 12.3. The highest BCUT2D eigenvalue weighted by atomic mass is 16.2. The number of carbonyl (C=O) groups is 1. The Balaban J connectivity index is 1.79. The summed E-state index contributed by atoms with van der Waals surface area (Å²) in [7, 11) is 1.94. The van der Waals surface area contributed by atoms with Gasteiger partial charge >= 0.3 is 0 Å². The first kappa shape index (κ1) is 17.0. The van der Waals surface area contributed by atoms with E-state index in [9.17, 15) is 9.59 Å². The monoisotopic (exact) mass is 338 g/mol. The van der Waals surface area contributed by atoms with Gasteiger partial charge in [-0.25, -0.2) is 0 Å². The minimum absolute atomic E-state index is 0.0290. The third-order valence-electron chi connectivity index (χ3n) is 4.78. The van der Waals surface area contributed by atoms with Crippen LogP contribution in [-0.2, 0) is 4.79 Å². The molecular weight excluding hydrogens is 316 g/mol. The van der Waals surface area contributed by atoms with Crippen LogP contribution in [0.15, 0.2) is 54.2 Å². The highest BCUT2D eigenvalue weighted by molar-refractivity contribution is 5.87. The Hall–Kier alpha value is -2.89. The van der Waals surface area contributed by atoms with E-state index < -0.39 is 0 Å². The maximum Gasteiger partial charge on any atom is 0.271 e. The predicted molar refractivity (Wildman–Crippen MR) is 98.5 cm³/mol.